The summed E-state index contributed by atoms with van der Waals surface area (Å²) in [6, 6.07) is 45.4. The monoisotopic (exact) mass is 1010 g/mol. The number of rotatable bonds is 15. The molecule has 0 aromatic heterocycles. The number of nitrogens with one attached hydrogen (secondary N) is 1. The number of ether oxygens (including phenoxy) is 5. The number of imide groups is 1. The van der Waals surface area contributed by atoms with Crippen molar-refractivity contribution in [3.05, 3.63) is 191 Å². The Bertz CT molecular complexity index is 3040. The second-order valence-electron chi connectivity index (χ2n) is 19.0. The number of carbonyl (C=O) groups is 4. The van der Waals surface area contributed by atoms with Crippen LogP contribution in [0.5, 0.6) is 5.75 Å². The molecule has 3 fully saturated rings. The van der Waals surface area contributed by atoms with Gasteiger partial charge in [0.15, 0.2) is 0 Å². The quantitative estimate of drug-likeness (QED) is 0.0594. The van der Waals surface area contributed by atoms with E-state index in [9.17, 15) is 9.90 Å². The number of fused-ring (bicyclic) bond motifs is 3. The van der Waals surface area contributed by atoms with Gasteiger partial charge in [0, 0.05) is 43.7 Å². The van der Waals surface area contributed by atoms with Gasteiger partial charge in [0.1, 0.15) is 36.5 Å². The van der Waals surface area contributed by atoms with E-state index in [4.69, 9.17) is 23.7 Å². The molecule has 0 saturated carbocycles. The normalized spacial score (nSPS) is 22.0. The van der Waals surface area contributed by atoms with Crippen molar-refractivity contribution in [2.75, 3.05) is 88.5 Å². The fourth-order valence-corrected chi connectivity index (χ4v) is 11.2. The zero-order chi connectivity index (χ0) is 51.9. The van der Waals surface area contributed by atoms with Gasteiger partial charge in [-0.2, -0.15) is 0 Å². The molecule has 0 bridgehead atoms. The standard InChI is InChI=1S/C60H59N5O10/c1-62(40-42-13-6-3-7-14-42)30-12-15-41-20-29-50-49(39-41)60(58(69)64(50)59(70)74-38-37-71-2)51(56(67)61-46-23-25-47(26-24-46)63-31-34-72-35-32-63)53-57(68)75-54(44-18-10-5-11-19-44)52(43-16-8-4-9-17-43)65(53)55(60)45-21-27-48(28-22-45)73-36-33-66/h3-11,13-14,16-29,39,51-55,66H,30-38,40H2,1-2H3,(H,61,67)/t51-,52-,53-,54+,55+,60-/m1/s1. The van der Waals surface area contributed by atoms with Gasteiger partial charge in [-0.1, -0.05) is 115 Å². The molecule has 0 aliphatic carbocycles. The molecule has 3 amide bonds. The zero-order valence-electron chi connectivity index (χ0n) is 41.9. The molecule has 0 unspecified atom stereocenters. The van der Waals surface area contributed by atoms with E-state index in [0.29, 0.717) is 73.1 Å². The number of methoxy groups -OCH3 is 1. The molecule has 15 nitrogen and oxygen atoms in total. The van der Waals surface area contributed by atoms with Gasteiger partial charge in [0.2, 0.25) is 11.8 Å². The van der Waals surface area contributed by atoms with Crippen molar-refractivity contribution in [1.82, 2.24) is 9.80 Å². The number of benzene rings is 6. The van der Waals surface area contributed by atoms with Crippen molar-refractivity contribution >= 4 is 40.9 Å². The number of hydrogen-bond donors (Lipinski definition) is 2. The molecule has 75 heavy (non-hydrogen) atoms. The largest absolute Gasteiger partial charge is 0.491 e. The van der Waals surface area contributed by atoms with E-state index in [1.807, 2.05) is 103 Å². The summed E-state index contributed by atoms with van der Waals surface area (Å²) in [5, 5.41) is 12.8. The van der Waals surface area contributed by atoms with Crippen LogP contribution in [0, 0.1) is 17.8 Å². The number of hydrogen-bond acceptors (Lipinski definition) is 13. The van der Waals surface area contributed by atoms with Gasteiger partial charge >= 0.3 is 12.1 Å². The number of aliphatic hydroxyl groups is 1. The van der Waals surface area contributed by atoms with Gasteiger partial charge in [-0.15, -0.1) is 0 Å². The average Bonchev–Trinajstić information content (AvgIpc) is 3.98. The summed E-state index contributed by atoms with van der Waals surface area (Å²) in [5.41, 5.74) is 3.45. The molecule has 1 spiro atoms. The third-order valence-corrected chi connectivity index (χ3v) is 14.4. The lowest BCUT2D eigenvalue weighted by Gasteiger charge is -2.46. The Morgan fingerprint density at radius 3 is 2.15 bits per heavy atom. The second kappa shape index (κ2) is 22.7. The van der Waals surface area contributed by atoms with Crippen LogP contribution in [0.4, 0.5) is 21.9 Å². The van der Waals surface area contributed by atoms with E-state index in [2.05, 4.69) is 39.1 Å². The van der Waals surface area contributed by atoms with Crippen molar-refractivity contribution in [3.8, 4) is 17.6 Å². The molecule has 4 aliphatic rings. The zero-order valence-corrected chi connectivity index (χ0v) is 41.9. The molecule has 6 aromatic rings. The Morgan fingerprint density at radius 2 is 1.47 bits per heavy atom. The summed E-state index contributed by atoms with van der Waals surface area (Å²) in [6.07, 6.45) is -1.90. The maximum atomic E-state index is 16.6. The molecular weight excluding hydrogens is 951 g/mol. The molecule has 10 rings (SSSR count). The number of carbonyl (C=O) groups excluding carboxylic acids is 4. The van der Waals surface area contributed by atoms with Crippen LogP contribution in [0.2, 0.25) is 0 Å². The molecule has 4 heterocycles. The van der Waals surface area contributed by atoms with Crippen LogP contribution < -0.4 is 19.9 Å². The molecule has 384 valence electrons. The van der Waals surface area contributed by atoms with Crippen molar-refractivity contribution in [1.29, 1.82) is 0 Å². The maximum absolute atomic E-state index is 16.6. The molecule has 4 aliphatic heterocycles. The van der Waals surface area contributed by atoms with Crippen LogP contribution in [-0.2, 0) is 45.3 Å². The van der Waals surface area contributed by atoms with E-state index in [1.165, 1.54) is 7.11 Å². The fraction of sp³-hybridized carbons (Fsp3) is 0.300. The molecule has 0 radical (unpaired) electrons. The van der Waals surface area contributed by atoms with Crippen LogP contribution in [0.3, 0.4) is 0 Å². The van der Waals surface area contributed by atoms with Crippen LogP contribution in [0.15, 0.2) is 158 Å². The number of amides is 3. The molecular formula is C60H59N5O10. The van der Waals surface area contributed by atoms with E-state index in [0.717, 1.165) is 21.7 Å². The molecule has 3 saturated heterocycles. The average molecular weight is 1010 g/mol. The highest BCUT2D eigenvalue weighted by Crippen LogP contribution is 2.66. The summed E-state index contributed by atoms with van der Waals surface area (Å²) in [7, 11) is 3.46. The summed E-state index contributed by atoms with van der Waals surface area (Å²) in [4.78, 5) is 70.2. The first-order valence-electron chi connectivity index (χ1n) is 25.2. The lowest BCUT2D eigenvalue weighted by atomic mass is 9.65. The minimum absolute atomic E-state index is 0.0368. The van der Waals surface area contributed by atoms with Crippen molar-refractivity contribution in [2.24, 2.45) is 5.92 Å². The van der Waals surface area contributed by atoms with Crippen molar-refractivity contribution in [3.63, 3.8) is 0 Å². The highest BCUT2D eigenvalue weighted by Gasteiger charge is 2.75. The van der Waals surface area contributed by atoms with Crippen LogP contribution in [-0.4, -0.2) is 118 Å². The number of morpholine rings is 2. The number of aliphatic hydroxyl groups excluding tert-OH is 1. The molecule has 2 N–H and O–H groups in total. The molecule has 6 aromatic carbocycles. The van der Waals surface area contributed by atoms with Crippen molar-refractivity contribution < 1.29 is 48.0 Å². The SMILES string of the molecule is COCCOC(=O)N1C(=O)[C@@]2(c3cc(C#CCN(C)Cc4ccccc4)ccc31)[C@H](c1ccc(OCCO)cc1)N1[C@H](c3ccccc3)[C@H](c3ccccc3)OC(=O)[C@H]1[C@@H]2C(=O)Nc1ccc(N2CCOCC2)cc1. The predicted molar refractivity (Wildman–Crippen MR) is 282 cm³/mol. The Hall–Kier alpha value is -7.84. The Balaban J connectivity index is 1.19. The Labute approximate surface area is 436 Å². The van der Waals surface area contributed by atoms with E-state index >= 15 is 14.4 Å². The van der Waals surface area contributed by atoms with Gasteiger partial charge in [-0.25, -0.2) is 9.69 Å². The third kappa shape index (κ3) is 10.1. The van der Waals surface area contributed by atoms with Gasteiger partial charge in [0.25, 0.3) is 0 Å². The third-order valence-electron chi connectivity index (χ3n) is 14.4. The second-order valence-corrected chi connectivity index (χ2v) is 19.0. The summed E-state index contributed by atoms with van der Waals surface area (Å²) >= 11 is 0. The number of esters is 1. The first kappa shape index (κ1) is 50.7. The van der Waals surface area contributed by atoms with Gasteiger partial charge < -0.3 is 39.0 Å². The first-order valence-corrected chi connectivity index (χ1v) is 25.2. The van der Waals surface area contributed by atoms with E-state index in [-0.39, 0.29) is 32.1 Å². The summed E-state index contributed by atoms with van der Waals surface area (Å²) in [5.74, 6) is 3.38. The Kier molecular flexibility index (Phi) is 15.4. The number of anilines is 3. The lowest BCUT2D eigenvalue weighted by molar-refractivity contribution is -0.177. The smallest absolute Gasteiger partial charge is 0.421 e. The van der Waals surface area contributed by atoms with Crippen LogP contribution in [0.25, 0.3) is 0 Å². The van der Waals surface area contributed by atoms with Gasteiger partial charge in [0.05, 0.1) is 56.7 Å². The van der Waals surface area contributed by atoms with Crippen LogP contribution in [0.1, 0.15) is 51.6 Å². The first-order chi connectivity index (χ1) is 36.7. The minimum atomic E-state index is -2.05. The topological polar surface area (TPSA) is 160 Å². The van der Waals surface area contributed by atoms with E-state index in [1.54, 1.807) is 54.6 Å². The van der Waals surface area contributed by atoms with Crippen LogP contribution >= 0.6 is 0 Å². The summed E-state index contributed by atoms with van der Waals surface area (Å²) in [6.45, 7) is 3.38. The Morgan fingerprint density at radius 1 is 0.787 bits per heavy atom. The predicted octanol–water partition coefficient (Wildman–Crippen LogP) is 7.47. The van der Waals surface area contributed by atoms with E-state index < -0.39 is 59.4 Å². The summed E-state index contributed by atoms with van der Waals surface area (Å²) < 4.78 is 29.1. The highest BCUT2D eigenvalue weighted by atomic mass is 16.6. The fourth-order valence-electron chi connectivity index (χ4n) is 11.2. The van der Waals surface area contributed by atoms with Gasteiger partial charge in [-0.3, -0.25) is 24.2 Å². The van der Waals surface area contributed by atoms with Gasteiger partial charge in [-0.05, 0) is 89.5 Å². The van der Waals surface area contributed by atoms with Crippen molar-refractivity contribution in [2.45, 2.75) is 36.2 Å². The molecule has 15 heteroatoms. The number of cyclic esters (lactones) is 1. The lowest BCUT2D eigenvalue weighted by Crippen LogP contribution is -2.54. The number of nitrogens with zero attached hydrogens (tertiary/aromatic N) is 4. The molecule has 6 atom stereocenters. The highest BCUT2D eigenvalue weighted by molar-refractivity contribution is 6.24. The minimum Gasteiger partial charge on any atom is -0.491 e. The maximum Gasteiger partial charge on any atom is 0.421 e.